The van der Waals surface area contributed by atoms with E-state index in [1.165, 1.54) is 5.70 Å². The fraction of sp³-hybridized carbons (Fsp3) is 0.500. The van der Waals surface area contributed by atoms with Crippen LogP contribution in [0.3, 0.4) is 0 Å². The molecule has 1 unspecified atom stereocenters. The second-order valence-corrected chi connectivity index (χ2v) is 4.38. The van der Waals surface area contributed by atoms with E-state index in [9.17, 15) is 4.79 Å². The lowest BCUT2D eigenvalue weighted by atomic mass is 10.0. The summed E-state index contributed by atoms with van der Waals surface area (Å²) in [5.41, 5.74) is 2.74. The lowest BCUT2D eigenvalue weighted by Gasteiger charge is -2.22. The van der Waals surface area contributed by atoms with Crippen LogP contribution in [-0.4, -0.2) is 25.3 Å². The predicted octanol–water partition coefficient (Wildman–Crippen LogP) is 3.18. The molecule has 0 spiro atoms. The van der Waals surface area contributed by atoms with Crippen molar-refractivity contribution in [3.05, 3.63) is 35.6 Å². The standard InChI is InChI=1S/C14H23NO/c1-7-12(4)14(15(5)6)9-13(10-16)8-11(2)3/h8-10,12H,2,7H2,1,3-6H3/b13-8+,14-9+. The first-order valence-corrected chi connectivity index (χ1v) is 5.63. The van der Waals surface area contributed by atoms with Gasteiger partial charge in [0.05, 0.1) is 0 Å². The van der Waals surface area contributed by atoms with Crippen molar-refractivity contribution in [2.45, 2.75) is 27.2 Å². The van der Waals surface area contributed by atoms with Crippen molar-refractivity contribution >= 4 is 6.29 Å². The van der Waals surface area contributed by atoms with Crippen LogP contribution in [0.1, 0.15) is 27.2 Å². The molecule has 0 aromatic carbocycles. The molecule has 0 bridgehead atoms. The molecule has 0 saturated carbocycles. The van der Waals surface area contributed by atoms with Gasteiger partial charge in [0, 0.05) is 25.4 Å². The third-order valence-corrected chi connectivity index (χ3v) is 2.50. The quantitative estimate of drug-likeness (QED) is 0.390. The van der Waals surface area contributed by atoms with E-state index in [0.717, 1.165) is 18.3 Å². The lowest BCUT2D eigenvalue weighted by Crippen LogP contribution is -2.17. The highest BCUT2D eigenvalue weighted by Gasteiger charge is 2.09. The van der Waals surface area contributed by atoms with Gasteiger partial charge in [-0.25, -0.2) is 0 Å². The van der Waals surface area contributed by atoms with E-state index >= 15 is 0 Å². The minimum absolute atomic E-state index is 0.448. The number of carbonyl (C=O) groups is 1. The van der Waals surface area contributed by atoms with Gasteiger partial charge in [-0.15, -0.1) is 0 Å². The summed E-state index contributed by atoms with van der Waals surface area (Å²) in [5.74, 6) is 0.448. The Labute approximate surface area is 99.3 Å². The second kappa shape index (κ2) is 7.04. The van der Waals surface area contributed by atoms with E-state index in [1.807, 2.05) is 27.1 Å². The summed E-state index contributed by atoms with van der Waals surface area (Å²) in [6.45, 7) is 9.97. The highest BCUT2D eigenvalue weighted by Crippen LogP contribution is 2.18. The Morgan fingerprint density at radius 1 is 1.38 bits per heavy atom. The van der Waals surface area contributed by atoms with Gasteiger partial charge in [0.2, 0.25) is 0 Å². The topological polar surface area (TPSA) is 20.3 Å². The van der Waals surface area contributed by atoms with Crippen LogP contribution in [0, 0.1) is 5.92 Å². The molecule has 0 heterocycles. The number of aldehydes is 1. The van der Waals surface area contributed by atoms with Gasteiger partial charge < -0.3 is 4.90 Å². The number of hydrogen-bond donors (Lipinski definition) is 0. The number of nitrogens with zero attached hydrogens (tertiary/aromatic N) is 1. The monoisotopic (exact) mass is 221 g/mol. The molecule has 0 saturated heterocycles. The first-order valence-electron chi connectivity index (χ1n) is 5.63. The van der Waals surface area contributed by atoms with Crippen molar-refractivity contribution in [2.75, 3.05) is 14.1 Å². The SMILES string of the molecule is C=C(C)/C=C(C=O)\C=C(/C(C)CC)N(C)C. The maximum Gasteiger partial charge on any atom is 0.150 e. The van der Waals surface area contributed by atoms with Crippen LogP contribution >= 0.6 is 0 Å². The third-order valence-electron chi connectivity index (χ3n) is 2.50. The van der Waals surface area contributed by atoms with Crippen LogP contribution in [0.15, 0.2) is 35.6 Å². The lowest BCUT2D eigenvalue weighted by molar-refractivity contribution is -0.104. The van der Waals surface area contributed by atoms with Gasteiger partial charge in [0.25, 0.3) is 0 Å². The molecule has 0 N–H and O–H groups in total. The maximum absolute atomic E-state index is 10.9. The first-order chi connectivity index (χ1) is 7.42. The Morgan fingerprint density at radius 2 is 1.94 bits per heavy atom. The summed E-state index contributed by atoms with van der Waals surface area (Å²) >= 11 is 0. The van der Waals surface area contributed by atoms with Crippen LogP contribution in [0.5, 0.6) is 0 Å². The fourth-order valence-electron chi connectivity index (χ4n) is 1.49. The van der Waals surface area contributed by atoms with Gasteiger partial charge in [-0.1, -0.05) is 26.0 Å². The molecule has 1 atom stereocenters. The smallest absolute Gasteiger partial charge is 0.150 e. The highest BCUT2D eigenvalue weighted by molar-refractivity contribution is 5.78. The Balaban J connectivity index is 5.17. The molecule has 0 aliphatic carbocycles. The van der Waals surface area contributed by atoms with Crippen LogP contribution < -0.4 is 0 Å². The van der Waals surface area contributed by atoms with Crippen LogP contribution in [0.25, 0.3) is 0 Å². The Kier molecular flexibility index (Phi) is 6.47. The Bertz CT molecular complexity index is 311. The molecule has 2 nitrogen and oxygen atoms in total. The van der Waals surface area contributed by atoms with Crippen molar-refractivity contribution in [3.8, 4) is 0 Å². The summed E-state index contributed by atoms with van der Waals surface area (Å²) in [4.78, 5) is 13.0. The summed E-state index contributed by atoms with van der Waals surface area (Å²) < 4.78 is 0. The minimum Gasteiger partial charge on any atom is -0.381 e. The number of allylic oxidation sites excluding steroid dienone is 5. The zero-order valence-electron chi connectivity index (χ0n) is 11.1. The Morgan fingerprint density at radius 3 is 2.25 bits per heavy atom. The first kappa shape index (κ1) is 14.7. The van der Waals surface area contributed by atoms with E-state index < -0.39 is 0 Å². The average molecular weight is 221 g/mol. The minimum atomic E-state index is 0.448. The van der Waals surface area contributed by atoms with Crippen LogP contribution in [-0.2, 0) is 4.79 Å². The zero-order chi connectivity index (χ0) is 12.7. The van der Waals surface area contributed by atoms with Crippen molar-refractivity contribution in [3.63, 3.8) is 0 Å². The average Bonchev–Trinajstić information content (AvgIpc) is 2.21. The van der Waals surface area contributed by atoms with E-state index in [1.54, 1.807) is 6.08 Å². The molecular formula is C14H23NO. The van der Waals surface area contributed by atoms with Gasteiger partial charge in [-0.05, 0) is 31.4 Å². The van der Waals surface area contributed by atoms with Crippen molar-refractivity contribution in [2.24, 2.45) is 5.92 Å². The molecule has 90 valence electrons. The molecular weight excluding hydrogens is 198 g/mol. The number of hydrogen-bond acceptors (Lipinski definition) is 2. The molecule has 0 aromatic rings. The van der Waals surface area contributed by atoms with Crippen molar-refractivity contribution in [1.82, 2.24) is 4.90 Å². The molecule has 0 rings (SSSR count). The van der Waals surface area contributed by atoms with Crippen LogP contribution in [0.2, 0.25) is 0 Å². The van der Waals surface area contributed by atoms with Crippen LogP contribution in [0.4, 0.5) is 0 Å². The molecule has 16 heavy (non-hydrogen) atoms. The summed E-state index contributed by atoms with van der Waals surface area (Å²) in [5, 5.41) is 0. The molecule has 0 amide bonds. The van der Waals surface area contributed by atoms with E-state index in [-0.39, 0.29) is 0 Å². The summed E-state index contributed by atoms with van der Waals surface area (Å²) in [6.07, 6.45) is 5.68. The molecule has 0 radical (unpaired) electrons. The number of rotatable bonds is 6. The number of carbonyl (C=O) groups excluding carboxylic acids is 1. The van der Waals surface area contributed by atoms with Crippen molar-refractivity contribution < 1.29 is 4.79 Å². The summed E-state index contributed by atoms with van der Waals surface area (Å²) in [6, 6.07) is 0. The van der Waals surface area contributed by atoms with E-state index in [0.29, 0.717) is 11.5 Å². The van der Waals surface area contributed by atoms with Crippen molar-refractivity contribution in [1.29, 1.82) is 0 Å². The second-order valence-electron chi connectivity index (χ2n) is 4.38. The highest BCUT2D eigenvalue weighted by atomic mass is 16.1. The third kappa shape index (κ3) is 4.96. The molecule has 0 aliphatic heterocycles. The molecule has 0 aliphatic rings. The predicted molar refractivity (Wildman–Crippen MR) is 70.2 cm³/mol. The fourth-order valence-corrected chi connectivity index (χ4v) is 1.49. The summed E-state index contributed by atoms with van der Waals surface area (Å²) in [7, 11) is 4.00. The molecule has 0 aromatic heterocycles. The van der Waals surface area contributed by atoms with Gasteiger partial charge in [0.1, 0.15) is 6.29 Å². The molecule has 0 fully saturated rings. The largest absolute Gasteiger partial charge is 0.381 e. The van der Waals surface area contributed by atoms with E-state index in [4.69, 9.17) is 0 Å². The Hall–Kier alpha value is -1.31. The van der Waals surface area contributed by atoms with Gasteiger partial charge in [0.15, 0.2) is 0 Å². The van der Waals surface area contributed by atoms with E-state index in [2.05, 4.69) is 25.3 Å². The van der Waals surface area contributed by atoms with Gasteiger partial charge in [-0.3, -0.25) is 4.79 Å². The zero-order valence-corrected chi connectivity index (χ0v) is 11.1. The van der Waals surface area contributed by atoms with Gasteiger partial charge in [-0.2, -0.15) is 0 Å². The molecule has 2 heteroatoms. The maximum atomic E-state index is 10.9. The van der Waals surface area contributed by atoms with Gasteiger partial charge >= 0.3 is 0 Å². The normalized spacial score (nSPS) is 14.6.